The van der Waals surface area contributed by atoms with E-state index < -0.39 is 0 Å². The highest BCUT2D eigenvalue weighted by molar-refractivity contribution is 5.94. The van der Waals surface area contributed by atoms with Crippen LogP contribution in [0.3, 0.4) is 0 Å². The molecular formula is C24H39N5O3. The van der Waals surface area contributed by atoms with Crippen molar-refractivity contribution in [3.63, 3.8) is 0 Å². The summed E-state index contributed by atoms with van der Waals surface area (Å²) < 4.78 is 16.4. The average molecular weight is 446 g/mol. The number of nitrogens with zero attached hydrogens (tertiary/aromatic N) is 3. The quantitative estimate of drug-likeness (QED) is 0.129. The molecule has 1 unspecified atom stereocenters. The molecule has 1 atom stereocenters. The molecule has 2 N–H and O–H groups in total. The molecule has 2 heterocycles. The van der Waals surface area contributed by atoms with Crippen molar-refractivity contribution in [2.24, 2.45) is 4.99 Å². The van der Waals surface area contributed by atoms with Crippen LogP contribution in [-0.2, 0) is 9.47 Å². The van der Waals surface area contributed by atoms with Gasteiger partial charge in [0.1, 0.15) is 0 Å². The third-order valence-corrected chi connectivity index (χ3v) is 5.40. The van der Waals surface area contributed by atoms with Crippen molar-refractivity contribution in [3.8, 4) is 12.1 Å². The van der Waals surface area contributed by atoms with Crippen LogP contribution in [0, 0.1) is 11.5 Å². The second kappa shape index (κ2) is 17.2. The number of hydrogen-bond donors (Lipinski definition) is 2. The standard InChI is InChI=1S/C24H39N5O3/c1-30-22-15-14-21(19-27-22)29-24(28-20-25)26-16-10-7-5-3-2-4-6-8-11-17-31-23-13-9-12-18-32-23/h14-15,19,23H,2-13,16-18H2,1H3,(H2,26,28,29). The first kappa shape index (κ1) is 25.9. The van der Waals surface area contributed by atoms with Gasteiger partial charge in [-0.2, -0.15) is 5.26 Å². The molecule has 0 aliphatic carbocycles. The van der Waals surface area contributed by atoms with Crippen molar-refractivity contribution in [1.82, 2.24) is 10.3 Å². The summed E-state index contributed by atoms with van der Waals surface area (Å²) in [5, 5.41) is 14.6. The molecule has 1 aliphatic heterocycles. The zero-order chi connectivity index (χ0) is 22.7. The molecule has 1 saturated heterocycles. The van der Waals surface area contributed by atoms with Crippen molar-refractivity contribution in [2.45, 2.75) is 83.3 Å². The van der Waals surface area contributed by atoms with E-state index in [9.17, 15) is 0 Å². The first-order valence-corrected chi connectivity index (χ1v) is 12.0. The zero-order valence-electron chi connectivity index (χ0n) is 19.5. The third-order valence-electron chi connectivity index (χ3n) is 5.40. The highest BCUT2D eigenvalue weighted by Crippen LogP contribution is 2.15. The van der Waals surface area contributed by atoms with E-state index in [1.165, 1.54) is 51.4 Å². The molecule has 1 aliphatic rings. The summed E-state index contributed by atoms with van der Waals surface area (Å²) in [6.07, 6.45) is 18.0. The molecule has 0 bridgehead atoms. The van der Waals surface area contributed by atoms with Gasteiger partial charge in [-0.1, -0.05) is 44.9 Å². The maximum absolute atomic E-state index is 8.92. The maximum atomic E-state index is 8.92. The lowest BCUT2D eigenvalue weighted by molar-refractivity contribution is -0.162. The molecule has 32 heavy (non-hydrogen) atoms. The Balaban J connectivity index is 1.43. The molecule has 0 radical (unpaired) electrons. The summed E-state index contributed by atoms with van der Waals surface area (Å²) >= 11 is 0. The minimum Gasteiger partial charge on any atom is -0.481 e. The lowest BCUT2D eigenvalue weighted by Crippen LogP contribution is -2.27. The van der Waals surface area contributed by atoms with Gasteiger partial charge in [0.25, 0.3) is 0 Å². The second-order valence-corrected chi connectivity index (χ2v) is 8.03. The highest BCUT2D eigenvalue weighted by Gasteiger charge is 2.13. The van der Waals surface area contributed by atoms with Gasteiger partial charge in [-0.15, -0.1) is 0 Å². The average Bonchev–Trinajstić information content (AvgIpc) is 2.83. The Morgan fingerprint density at radius 2 is 1.88 bits per heavy atom. The monoisotopic (exact) mass is 445 g/mol. The van der Waals surface area contributed by atoms with Gasteiger partial charge in [-0.05, 0) is 38.2 Å². The fourth-order valence-corrected chi connectivity index (χ4v) is 3.57. The number of unbranched alkanes of at least 4 members (excludes halogenated alkanes) is 8. The van der Waals surface area contributed by atoms with E-state index >= 15 is 0 Å². The molecule has 1 aromatic rings. The van der Waals surface area contributed by atoms with Crippen LogP contribution in [0.25, 0.3) is 0 Å². The van der Waals surface area contributed by atoms with Gasteiger partial charge in [0.05, 0.1) is 19.0 Å². The van der Waals surface area contributed by atoms with Gasteiger partial charge in [-0.25, -0.2) is 4.98 Å². The largest absolute Gasteiger partial charge is 0.481 e. The number of ether oxygens (including phenoxy) is 3. The fourth-order valence-electron chi connectivity index (χ4n) is 3.57. The summed E-state index contributed by atoms with van der Waals surface area (Å²) in [5.74, 6) is 0.986. The molecule has 0 saturated carbocycles. The van der Waals surface area contributed by atoms with Gasteiger partial charge < -0.3 is 19.5 Å². The number of hydrogen-bond acceptors (Lipinski definition) is 6. The van der Waals surface area contributed by atoms with Crippen LogP contribution in [0.1, 0.15) is 77.0 Å². The van der Waals surface area contributed by atoms with E-state index in [4.69, 9.17) is 19.5 Å². The Morgan fingerprint density at radius 1 is 1.12 bits per heavy atom. The van der Waals surface area contributed by atoms with E-state index in [2.05, 4.69) is 20.6 Å². The first-order chi connectivity index (χ1) is 15.8. The summed E-state index contributed by atoms with van der Waals surface area (Å²) in [7, 11) is 1.57. The lowest BCUT2D eigenvalue weighted by Gasteiger charge is -2.22. The molecule has 1 aromatic heterocycles. The Morgan fingerprint density at radius 3 is 2.50 bits per heavy atom. The van der Waals surface area contributed by atoms with Gasteiger partial charge >= 0.3 is 0 Å². The number of nitrogens with one attached hydrogen (secondary N) is 2. The fraction of sp³-hybridized carbons (Fsp3) is 0.708. The smallest absolute Gasteiger partial charge is 0.213 e. The summed E-state index contributed by atoms with van der Waals surface area (Å²) in [6, 6.07) is 3.59. The number of nitriles is 1. The first-order valence-electron chi connectivity index (χ1n) is 12.0. The van der Waals surface area contributed by atoms with E-state index in [-0.39, 0.29) is 6.29 Å². The molecule has 0 spiro atoms. The molecule has 2 rings (SSSR count). The Hall–Kier alpha value is -2.37. The molecule has 178 valence electrons. The Bertz CT molecular complexity index is 669. The van der Waals surface area contributed by atoms with Crippen molar-refractivity contribution in [3.05, 3.63) is 18.3 Å². The highest BCUT2D eigenvalue weighted by atomic mass is 16.7. The van der Waals surface area contributed by atoms with Crippen molar-refractivity contribution in [2.75, 3.05) is 32.2 Å². The Kier molecular flexibility index (Phi) is 13.9. The number of rotatable bonds is 15. The third kappa shape index (κ3) is 11.9. The number of aliphatic imine (C=N–C) groups is 1. The van der Waals surface area contributed by atoms with Crippen LogP contribution in [0.5, 0.6) is 5.88 Å². The summed E-state index contributed by atoms with van der Waals surface area (Å²) in [4.78, 5) is 8.59. The molecular weight excluding hydrogens is 406 g/mol. The second-order valence-electron chi connectivity index (χ2n) is 8.03. The van der Waals surface area contributed by atoms with Crippen LogP contribution in [0.15, 0.2) is 23.3 Å². The molecule has 0 amide bonds. The summed E-state index contributed by atoms with van der Waals surface area (Å²) in [6.45, 7) is 2.37. The van der Waals surface area contributed by atoms with Gasteiger partial charge in [0.2, 0.25) is 11.8 Å². The van der Waals surface area contributed by atoms with Crippen LogP contribution >= 0.6 is 0 Å². The molecule has 8 nitrogen and oxygen atoms in total. The zero-order valence-corrected chi connectivity index (χ0v) is 19.5. The Labute approximate surface area is 192 Å². The van der Waals surface area contributed by atoms with Crippen LogP contribution in [-0.4, -0.2) is 44.1 Å². The van der Waals surface area contributed by atoms with Crippen molar-refractivity contribution < 1.29 is 14.2 Å². The SMILES string of the molecule is COc1ccc(NC(=NCCCCCCCCCCCOC2CCCCO2)NC#N)cn1. The van der Waals surface area contributed by atoms with Crippen LogP contribution < -0.4 is 15.4 Å². The van der Waals surface area contributed by atoms with E-state index in [1.54, 1.807) is 19.4 Å². The number of methoxy groups -OCH3 is 1. The van der Waals surface area contributed by atoms with Gasteiger partial charge in [0.15, 0.2) is 12.5 Å². The van der Waals surface area contributed by atoms with Crippen molar-refractivity contribution in [1.29, 1.82) is 5.26 Å². The van der Waals surface area contributed by atoms with E-state index in [0.717, 1.165) is 44.6 Å². The minimum atomic E-state index is 0.0510. The topological polar surface area (TPSA) is 101 Å². The predicted molar refractivity (Wildman–Crippen MR) is 127 cm³/mol. The lowest BCUT2D eigenvalue weighted by atomic mass is 10.1. The summed E-state index contributed by atoms with van der Waals surface area (Å²) in [5.41, 5.74) is 0.751. The number of anilines is 1. The number of aromatic nitrogens is 1. The van der Waals surface area contributed by atoms with Gasteiger partial charge in [0, 0.05) is 25.8 Å². The van der Waals surface area contributed by atoms with Crippen molar-refractivity contribution >= 4 is 11.6 Å². The molecule has 8 heteroatoms. The maximum Gasteiger partial charge on any atom is 0.213 e. The van der Waals surface area contributed by atoms with Crippen LogP contribution in [0.4, 0.5) is 5.69 Å². The van der Waals surface area contributed by atoms with Crippen LogP contribution in [0.2, 0.25) is 0 Å². The normalized spacial score (nSPS) is 16.4. The van der Waals surface area contributed by atoms with Gasteiger partial charge in [-0.3, -0.25) is 10.3 Å². The minimum absolute atomic E-state index is 0.0510. The molecule has 0 aromatic carbocycles. The van der Waals surface area contributed by atoms with E-state index in [1.807, 2.05) is 12.3 Å². The number of pyridine rings is 1. The molecule has 1 fully saturated rings. The number of guanidine groups is 1. The van der Waals surface area contributed by atoms with E-state index in [0.29, 0.717) is 18.4 Å². The predicted octanol–water partition coefficient (Wildman–Crippen LogP) is 4.98.